The van der Waals surface area contributed by atoms with E-state index >= 15 is 0 Å². The van der Waals surface area contributed by atoms with Crippen molar-refractivity contribution in [2.45, 2.75) is 43.6 Å². The molecule has 0 spiro atoms. The summed E-state index contributed by atoms with van der Waals surface area (Å²) >= 11 is 1.50. The molecule has 0 aliphatic heterocycles. The van der Waals surface area contributed by atoms with E-state index in [0.29, 0.717) is 0 Å². The number of hydrogen-bond donors (Lipinski definition) is 0. The van der Waals surface area contributed by atoms with Crippen LogP contribution in [0.5, 0.6) is 0 Å². The zero-order valence-corrected chi connectivity index (χ0v) is 11.7. The van der Waals surface area contributed by atoms with Crippen molar-refractivity contribution in [3.05, 3.63) is 54.1 Å². The summed E-state index contributed by atoms with van der Waals surface area (Å²) in [4.78, 5) is 1.17. The van der Waals surface area contributed by atoms with Gasteiger partial charge in [-0.25, -0.2) is 0 Å². The van der Waals surface area contributed by atoms with Gasteiger partial charge in [0, 0.05) is 16.9 Å². The van der Waals surface area contributed by atoms with Crippen LogP contribution in [-0.4, -0.2) is 6.10 Å². The molecule has 1 unspecified atom stereocenters. The molecule has 0 N–H and O–H groups in total. The summed E-state index contributed by atoms with van der Waals surface area (Å²) in [5, 5.41) is 0. The molecule has 18 heavy (non-hydrogen) atoms. The van der Waals surface area contributed by atoms with Gasteiger partial charge in [0.1, 0.15) is 0 Å². The molecule has 0 radical (unpaired) electrons. The van der Waals surface area contributed by atoms with Gasteiger partial charge in [0.2, 0.25) is 0 Å². The molecule has 1 atom stereocenters. The smallest absolute Gasteiger partial charge is 0.0940 e. The van der Waals surface area contributed by atoms with Gasteiger partial charge < -0.3 is 4.18 Å². The lowest BCUT2D eigenvalue weighted by Crippen LogP contribution is -2.13. The van der Waals surface area contributed by atoms with Crippen molar-refractivity contribution in [1.29, 1.82) is 0 Å². The Balaban J connectivity index is 1.94. The Kier molecular flexibility index (Phi) is 5.56. The molecule has 0 bridgehead atoms. The normalized spacial score (nSPS) is 16.4. The second-order valence-corrected chi connectivity index (χ2v) is 5.31. The summed E-state index contributed by atoms with van der Waals surface area (Å²) in [6.45, 7) is 2.21. The van der Waals surface area contributed by atoms with Gasteiger partial charge in [0.15, 0.2) is 0 Å². The largest absolute Gasteiger partial charge is 0.303 e. The highest BCUT2D eigenvalue weighted by molar-refractivity contribution is 7.94. The maximum atomic E-state index is 6.02. The third-order valence-corrected chi connectivity index (χ3v) is 3.81. The van der Waals surface area contributed by atoms with Crippen molar-refractivity contribution in [1.82, 2.24) is 0 Å². The van der Waals surface area contributed by atoms with Gasteiger partial charge in [-0.15, -0.1) is 0 Å². The Morgan fingerprint density at radius 1 is 1.28 bits per heavy atom. The van der Waals surface area contributed by atoms with Crippen LogP contribution < -0.4 is 0 Å². The molecule has 1 aromatic rings. The maximum absolute atomic E-state index is 6.02. The molecular formula is C16H20OS. The zero-order valence-electron chi connectivity index (χ0n) is 10.8. The molecule has 2 heteroatoms. The molecule has 0 heterocycles. The number of rotatable bonds is 6. The van der Waals surface area contributed by atoms with Gasteiger partial charge in [-0.2, -0.15) is 0 Å². The Bertz CT molecular complexity index is 408. The van der Waals surface area contributed by atoms with Crippen molar-refractivity contribution in [2.75, 3.05) is 0 Å². The predicted octanol–water partition coefficient (Wildman–Crippen LogP) is 5.16. The summed E-state index contributed by atoms with van der Waals surface area (Å²) in [7, 11) is 0. The lowest BCUT2D eigenvalue weighted by Gasteiger charge is -2.20. The van der Waals surface area contributed by atoms with Crippen LogP contribution >= 0.6 is 12.0 Å². The van der Waals surface area contributed by atoms with Crippen molar-refractivity contribution in [3.63, 3.8) is 0 Å². The molecule has 0 amide bonds. The van der Waals surface area contributed by atoms with E-state index in [2.05, 4.69) is 37.3 Å². The van der Waals surface area contributed by atoms with E-state index in [0.717, 1.165) is 25.7 Å². The van der Waals surface area contributed by atoms with E-state index in [4.69, 9.17) is 4.18 Å². The van der Waals surface area contributed by atoms with Crippen LogP contribution in [-0.2, 0) is 4.18 Å². The molecule has 0 saturated carbocycles. The lowest BCUT2D eigenvalue weighted by molar-refractivity contribution is 0.261. The second kappa shape index (κ2) is 7.45. The van der Waals surface area contributed by atoms with Gasteiger partial charge in [0.05, 0.1) is 6.10 Å². The SMILES string of the molecule is CCCC(OSc1ccccc1)C1=CC=CCC1. The Morgan fingerprint density at radius 3 is 2.78 bits per heavy atom. The first kappa shape index (κ1) is 13.4. The van der Waals surface area contributed by atoms with E-state index < -0.39 is 0 Å². The Labute approximate surface area is 114 Å². The van der Waals surface area contributed by atoms with Crippen molar-refractivity contribution < 1.29 is 4.18 Å². The number of hydrogen-bond acceptors (Lipinski definition) is 2. The minimum Gasteiger partial charge on any atom is -0.303 e. The summed E-state index contributed by atoms with van der Waals surface area (Å²) in [6.07, 6.45) is 11.4. The number of allylic oxidation sites excluding steroid dienone is 3. The average molecular weight is 260 g/mol. The quantitative estimate of drug-likeness (QED) is 0.654. The zero-order chi connectivity index (χ0) is 12.6. The molecule has 1 aliphatic carbocycles. The third-order valence-electron chi connectivity index (χ3n) is 3.01. The average Bonchev–Trinajstić information content (AvgIpc) is 2.45. The van der Waals surface area contributed by atoms with Gasteiger partial charge in [0.25, 0.3) is 0 Å². The molecule has 1 nitrogen and oxygen atoms in total. The molecule has 96 valence electrons. The first-order valence-electron chi connectivity index (χ1n) is 6.64. The van der Waals surface area contributed by atoms with Crippen molar-refractivity contribution in [3.8, 4) is 0 Å². The van der Waals surface area contributed by atoms with Gasteiger partial charge >= 0.3 is 0 Å². The lowest BCUT2D eigenvalue weighted by atomic mass is 9.97. The summed E-state index contributed by atoms with van der Waals surface area (Å²) in [5.74, 6) is 0. The summed E-state index contributed by atoms with van der Waals surface area (Å²) < 4.78 is 6.02. The Morgan fingerprint density at radius 2 is 2.11 bits per heavy atom. The van der Waals surface area contributed by atoms with Crippen LogP contribution in [0.15, 0.2) is 59.0 Å². The number of benzene rings is 1. The van der Waals surface area contributed by atoms with Crippen LogP contribution in [0.4, 0.5) is 0 Å². The molecule has 0 fully saturated rings. The van der Waals surface area contributed by atoms with E-state index in [1.54, 1.807) is 0 Å². The van der Waals surface area contributed by atoms with Gasteiger partial charge in [-0.1, -0.05) is 49.8 Å². The van der Waals surface area contributed by atoms with Gasteiger partial charge in [-0.05, 0) is 37.0 Å². The molecule has 2 rings (SSSR count). The second-order valence-electron chi connectivity index (χ2n) is 4.48. The highest BCUT2D eigenvalue weighted by Crippen LogP contribution is 2.28. The van der Waals surface area contributed by atoms with E-state index in [-0.39, 0.29) is 6.10 Å². The summed E-state index contributed by atoms with van der Waals surface area (Å²) in [6, 6.07) is 10.3. The fourth-order valence-corrected chi connectivity index (χ4v) is 2.75. The van der Waals surface area contributed by atoms with Crippen LogP contribution in [0.2, 0.25) is 0 Å². The highest BCUT2D eigenvalue weighted by Gasteiger charge is 2.15. The van der Waals surface area contributed by atoms with Crippen LogP contribution in [0.3, 0.4) is 0 Å². The fraction of sp³-hybridized carbons (Fsp3) is 0.375. The highest BCUT2D eigenvalue weighted by atomic mass is 32.2. The molecule has 0 aromatic heterocycles. The molecule has 0 saturated heterocycles. The van der Waals surface area contributed by atoms with E-state index in [1.807, 2.05) is 18.2 Å². The van der Waals surface area contributed by atoms with Crippen LogP contribution in [0.25, 0.3) is 0 Å². The first-order valence-corrected chi connectivity index (χ1v) is 7.38. The minimum atomic E-state index is 0.255. The standard InChI is InChI=1S/C16H20OS/c1-2-9-16(14-10-5-3-6-11-14)17-18-15-12-7-4-8-13-15/h3-5,7-8,10,12-13,16H,2,6,9,11H2,1H3. The van der Waals surface area contributed by atoms with Gasteiger partial charge in [-0.3, -0.25) is 0 Å². The molecule has 1 aliphatic rings. The third kappa shape index (κ3) is 4.04. The van der Waals surface area contributed by atoms with Crippen molar-refractivity contribution >= 4 is 12.0 Å². The monoisotopic (exact) mass is 260 g/mol. The first-order chi connectivity index (χ1) is 8.90. The molecular weight excluding hydrogens is 240 g/mol. The predicted molar refractivity (Wildman–Crippen MR) is 78.5 cm³/mol. The molecule has 1 aromatic carbocycles. The topological polar surface area (TPSA) is 9.23 Å². The van der Waals surface area contributed by atoms with E-state index in [1.165, 1.54) is 22.5 Å². The summed E-state index contributed by atoms with van der Waals surface area (Å²) in [5.41, 5.74) is 1.43. The fourth-order valence-electron chi connectivity index (χ4n) is 2.04. The van der Waals surface area contributed by atoms with Crippen LogP contribution in [0.1, 0.15) is 32.6 Å². The Hall–Kier alpha value is -0.990. The minimum absolute atomic E-state index is 0.255. The van der Waals surface area contributed by atoms with Crippen LogP contribution in [0, 0.1) is 0 Å². The maximum Gasteiger partial charge on any atom is 0.0940 e. The van der Waals surface area contributed by atoms with E-state index in [9.17, 15) is 0 Å². The van der Waals surface area contributed by atoms with Crippen molar-refractivity contribution in [2.24, 2.45) is 0 Å².